The minimum Gasteiger partial charge on any atom is -0.497 e. The van der Waals surface area contributed by atoms with Gasteiger partial charge in [0.25, 0.3) is 0 Å². The molecule has 2 rings (SSSR count). The minimum absolute atomic E-state index is 0.0496. The average Bonchev–Trinajstić information content (AvgIpc) is 2.56. The Kier molecular flexibility index (Phi) is 5.98. The summed E-state index contributed by atoms with van der Waals surface area (Å²) in [5.41, 5.74) is 0.731. The van der Waals surface area contributed by atoms with Gasteiger partial charge in [-0.05, 0) is 56.6 Å². The van der Waals surface area contributed by atoms with Crippen LogP contribution in [0.1, 0.15) is 26.2 Å². The van der Waals surface area contributed by atoms with Crippen molar-refractivity contribution in [2.45, 2.75) is 32.2 Å². The van der Waals surface area contributed by atoms with Crippen LogP contribution in [0.25, 0.3) is 0 Å². The molecule has 1 atom stereocenters. The van der Waals surface area contributed by atoms with E-state index in [9.17, 15) is 9.59 Å². The van der Waals surface area contributed by atoms with Crippen molar-refractivity contribution in [1.82, 2.24) is 4.90 Å². The predicted molar refractivity (Wildman–Crippen MR) is 87.6 cm³/mol. The van der Waals surface area contributed by atoms with Crippen LogP contribution in [-0.4, -0.2) is 48.1 Å². The fourth-order valence-corrected chi connectivity index (χ4v) is 2.97. The Morgan fingerprint density at radius 3 is 2.39 bits per heavy atom. The Hall–Kier alpha value is -2.08. The van der Waals surface area contributed by atoms with E-state index < -0.39 is 5.97 Å². The van der Waals surface area contributed by atoms with E-state index in [1.165, 1.54) is 0 Å². The smallest absolute Gasteiger partial charge is 0.306 e. The van der Waals surface area contributed by atoms with Gasteiger partial charge < -0.3 is 15.2 Å². The molecule has 1 heterocycles. The van der Waals surface area contributed by atoms with Gasteiger partial charge in [-0.1, -0.05) is 6.92 Å². The SMILES string of the molecule is CCC(C(=O)Nc1ccc(OC)cc1)N1CCC(C(=O)O)CC1. The van der Waals surface area contributed by atoms with Crippen molar-refractivity contribution in [2.24, 2.45) is 5.92 Å². The Bertz CT molecular complexity index is 536. The van der Waals surface area contributed by atoms with Gasteiger partial charge in [-0.3, -0.25) is 14.5 Å². The molecule has 1 aromatic rings. The fraction of sp³-hybridized carbons (Fsp3) is 0.529. The molecule has 0 bridgehead atoms. The van der Waals surface area contributed by atoms with Crippen molar-refractivity contribution in [3.8, 4) is 5.75 Å². The van der Waals surface area contributed by atoms with Crippen LogP contribution in [0.3, 0.4) is 0 Å². The van der Waals surface area contributed by atoms with E-state index in [1.54, 1.807) is 31.4 Å². The number of ether oxygens (including phenoxy) is 1. The number of nitrogens with zero attached hydrogens (tertiary/aromatic N) is 1. The van der Waals surface area contributed by atoms with E-state index in [-0.39, 0.29) is 17.9 Å². The first kappa shape index (κ1) is 17.3. The van der Waals surface area contributed by atoms with Gasteiger partial charge in [0.1, 0.15) is 5.75 Å². The first-order chi connectivity index (χ1) is 11.0. The van der Waals surface area contributed by atoms with Crippen LogP contribution in [0.4, 0.5) is 5.69 Å². The van der Waals surface area contributed by atoms with Crippen LogP contribution in [-0.2, 0) is 9.59 Å². The molecule has 23 heavy (non-hydrogen) atoms. The molecule has 0 aromatic heterocycles. The van der Waals surface area contributed by atoms with Crippen LogP contribution < -0.4 is 10.1 Å². The molecule has 1 fully saturated rings. The maximum absolute atomic E-state index is 12.5. The number of carbonyl (C=O) groups excluding carboxylic acids is 1. The lowest BCUT2D eigenvalue weighted by atomic mass is 9.95. The van der Waals surface area contributed by atoms with E-state index in [0.29, 0.717) is 32.4 Å². The number of anilines is 1. The number of aliphatic carboxylic acids is 1. The molecule has 0 spiro atoms. The molecule has 1 aliphatic heterocycles. The fourth-order valence-electron chi connectivity index (χ4n) is 2.97. The highest BCUT2D eigenvalue weighted by molar-refractivity contribution is 5.94. The van der Waals surface area contributed by atoms with E-state index in [2.05, 4.69) is 10.2 Å². The highest BCUT2D eigenvalue weighted by Crippen LogP contribution is 2.21. The van der Waals surface area contributed by atoms with E-state index in [4.69, 9.17) is 9.84 Å². The third-order valence-electron chi connectivity index (χ3n) is 4.37. The maximum atomic E-state index is 12.5. The lowest BCUT2D eigenvalue weighted by Crippen LogP contribution is -2.48. The van der Waals surface area contributed by atoms with Gasteiger partial charge in [-0.25, -0.2) is 0 Å². The normalized spacial score (nSPS) is 17.5. The second-order valence-corrected chi connectivity index (χ2v) is 5.79. The van der Waals surface area contributed by atoms with Gasteiger partial charge in [-0.2, -0.15) is 0 Å². The zero-order valence-electron chi connectivity index (χ0n) is 13.6. The number of methoxy groups -OCH3 is 1. The number of hydrogen-bond acceptors (Lipinski definition) is 4. The number of likely N-dealkylation sites (tertiary alicyclic amines) is 1. The summed E-state index contributed by atoms with van der Waals surface area (Å²) in [6, 6.07) is 6.98. The van der Waals surface area contributed by atoms with Gasteiger partial charge >= 0.3 is 5.97 Å². The summed E-state index contributed by atoms with van der Waals surface area (Å²) >= 11 is 0. The zero-order valence-corrected chi connectivity index (χ0v) is 13.6. The molecule has 1 unspecified atom stereocenters. The van der Waals surface area contributed by atoms with Gasteiger partial charge in [0, 0.05) is 5.69 Å². The number of rotatable bonds is 6. The summed E-state index contributed by atoms with van der Waals surface area (Å²) in [7, 11) is 1.60. The van der Waals surface area contributed by atoms with Gasteiger partial charge in [-0.15, -0.1) is 0 Å². The monoisotopic (exact) mass is 320 g/mol. The Balaban J connectivity index is 1.94. The van der Waals surface area contributed by atoms with Gasteiger partial charge in [0.05, 0.1) is 19.1 Å². The largest absolute Gasteiger partial charge is 0.497 e. The number of carbonyl (C=O) groups is 2. The predicted octanol–water partition coefficient (Wildman–Crippen LogP) is 2.21. The molecule has 6 heteroatoms. The van der Waals surface area contributed by atoms with Crippen molar-refractivity contribution in [1.29, 1.82) is 0 Å². The number of nitrogens with one attached hydrogen (secondary N) is 1. The lowest BCUT2D eigenvalue weighted by molar-refractivity contribution is -0.143. The second kappa shape index (κ2) is 7.97. The van der Waals surface area contributed by atoms with Crippen molar-refractivity contribution < 1.29 is 19.4 Å². The summed E-state index contributed by atoms with van der Waals surface area (Å²) in [6.45, 7) is 3.26. The first-order valence-corrected chi connectivity index (χ1v) is 7.97. The summed E-state index contributed by atoms with van der Waals surface area (Å²) in [5, 5.41) is 12.0. The maximum Gasteiger partial charge on any atom is 0.306 e. The average molecular weight is 320 g/mol. The number of benzene rings is 1. The van der Waals surface area contributed by atoms with Crippen molar-refractivity contribution in [2.75, 3.05) is 25.5 Å². The summed E-state index contributed by atoms with van der Waals surface area (Å²) in [6.07, 6.45) is 1.89. The molecule has 1 aliphatic rings. The molecule has 0 radical (unpaired) electrons. The Labute approximate surface area is 136 Å². The Morgan fingerprint density at radius 1 is 1.30 bits per heavy atom. The van der Waals surface area contributed by atoms with E-state index in [1.807, 2.05) is 6.92 Å². The number of carboxylic acids is 1. The van der Waals surface area contributed by atoms with Crippen LogP contribution >= 0.6 is 0 Å². The van der Waals surface area contributed by atoms with E-state index in [0.717, 1.165) is 11.4 Å². The lowest BCUT2D eigenvalue weighted by Gasteiger charge is -2.35. The quantitative estimate of drug-likeness (QED) is 0.840. The molecule has 1 amide bonds. The molecular weight excluding hydrogens is 296 g/mol. The third-order valence-corrected chi connectivity index (χ3v) is 4.37. The highest BCUT2D eigenvalue weighted by Gasteiger charge is 2.31. The van der Waals surface area contributed by atoms with Crippen LogP contribution in [0.15, 0.2) is 24.3 Å². The molecule has 0 saturated carbocycles. The van der Waals surface area contributed by atoms with Crippen molar-refractivity contribution in [3.05, 3.63) is 24.3 Å². The zero-order chi connectivity index (χ0) is 16.8. The molecule has 0 aliphatic carbocycles. The number of carboxylic acid groups (broad SMARTS) is 1. The van der Waals surface area contributed by atoms with Crippen molar-refractivity contribution in [3.63, 3.8) is 0 Å². The molecule has 1 saturated heterocycles. The van der Waals surface area contributed by atoms with Crippen LogP contribution in [0, 0.1) is 5.92 Å². The Morgan fingerprint density at radius 2 is 1.91 bits per heavy atom. The second-order valence-electron chi connectivity index (χ2n) is 5.79. The first-order valence-electron chi connectivity index (χ1n) is 7.97. The van der Waals surface area contributed by atoms with Crippen LogP contribution in [0.2, 0.25) is 0 Å². The summed E-state index contributed by atoms with van der Waals surface area (Å²) in [5.74, 6) is -0.328. The number of amides is 1. The van der Waals surface area contributed by atoms with E-state index >= 15 is 0 Å². The molecule has 6 nitrogen and oxygen atoms in total. The molecule has 126 valence electrons. The molecule has 1 aromatic carbocycles. The van der Waals surface area contributed by atoms with Crippen LogP contribution in [0.5, 0.6) is 5.75 Å². The summed E-state index contributed by atoms with van der Waals surface area (Å²) < 4.78 is 5.10. The summed E-state index contributed by atoms with van der Waals surface area (Å²) in [4.78, 5) is 25.6. The number of piperidine rings is 1. The molecular formula is C17H24N2O4. The third kappa shape index (κ3) is 4.45. The topological polar surface area (TPSA) is 78.9 Å². The number of hydrogen-bond donors (Lipinski definition) is 2. The standard InChI is InChI=1S/C17H24N2O4/c1-3-15(19-10-8-12(9-11-19)17(21)22)16(20)18-13-4-6-14(23-2)7-5-13/h4-7,12,15H,3,8-11H2,1-2H3,(H,18,20)(H,21,22). The minimum atomic E-state index is -0.736. The highest BCUT2D eigenvalue weighted by atomic mass is 16.5. The van der Waals surface area contributed by atoms with Gasteiger partial charge in [0.2, 0.25) is 5.91 Å². The van der Waals surface area contributed by atoms with Crippen molar-refractivity contribution >= 4 is 17.6 Å². The van der Waals surface area contributed by atoms with Gasteiger partial charge in [0.15, 0.2) is 0 Å². The molecule has 2 N–H and O–H groups in total.